The van der Waals surface area contributed by atoms with Gasteiger partial charge < -0.3 is 5.32 Å². The van der Waals surface area contributed by atoms with Gasteiger partial charge in [-0.15, -0.1) is 0 Å². The maximum Gasteiger partial charge on any atom is 0.253 e. The zero-order chi connectivity index (χ0) is 12.1. The molecule has 0 aliphatic carbocycles. The SMILES string of the molecule is CC(Cn1cccn1)NC(=O)c1cccnc1. The number of carbonyl (C=O) groups excluding carboxylic acids is 1. The van der Waals surface area contributed by atoms with E-state index in [-0.39, 0.29) is 11.9 Å². The molecule has 0 bridgehead atoms. The summed E-state index contributed by atoms with van der Waals surface area (Å²) in [5.41, 5.74) is 0.569. The number of rotatable bonds is 4. The highest BCUT2D eigenvalue weighted by Crippen LogP contribution is 1.97. The molecule has 1 N–H and O–H groups in total. The van der Waals surface area contributed by atoms with Crippen LogP contribution in [0.25, 0.3) is 0 Å². The molecule has 17 heavy (non-hydrogen) atoms. The average molecular weight is 230 g/mol. The van der Waals surface area contributed by atoms with Crippen LogP contribution in [0.2, 0.25) is 0 Å². The van der Waals surface area contributed by atoms with Crippen LogP contribution in [0, 0.1) is 0 Å². The number of hydrogen-bond donors (Lipinski definition) is 1. The van der Waals surface area contributed by atoms with Gasteiger partial charge in [-0.2, -0.15) is 5.10 Å². The number of nitrogens with one attached hydrogen (secondary N) is 1. The summed E-state index contributed by atoms with van der Waals surface area (Å²) in [5.74, 6) is -0.113. The molecule has 88 valence electrons. The van der Waals surface area contributed by atoms with Crippen LogP contribution in [0.15, 0.2) is 43.0 Å². The lowest BCUT2D eigenvalue weighted by atomic mass is 10.2. The Morgan fingerprint density at radius 3 is 3.00 bits per heavy atom. The standard InChI is InChI=1S/C12H14N4O/c1-10(9-16-7-3-6-14-16)15-12(17)11-4-2-5-13-8-11/h2-8,10H,9H2,1H3,(H,15,17). The fourth-order valence-electron chi connectivity index (χ4n) is 1.54. The first-order chi connectivity index (χ1) is 8.25. The van der Waals surface area contributed by atoms with Crippen LogP contribution in [0.4, 0.5) is 0 Å². The van der Waals surface area contributed by atoms with Crippen molar-refractivity contribution in [3.05, 3.63) is 48.5 Å². The van der Waals surface area contributed by atoms with Gasteiger partial charge in [-0.25, -0.2) is 0 Å². The van der Waals surface area contributed by atoms with Crippen molar-refractivity contribution in [1.82, 2.24) is 20.1 Å². The first-order valence-corrected chi connectivity index (χ1v) is 5.44. The number of nitrogens with zero attached hydrogens (tertiary/aromatic N) is 3. The lowest BCUT2D eigenvalue weighted by Crippen LogP contribution is -2.35. The molecule has 2 rings (SSSR count). The van der Waals surface area contributed by atoms with Crippen LogP contribution in [0.3, 0.4) is 0 Å². The summed E-state index contributed by atoms with van der Waals surface area (Å²) in [7, 11) is 0. The van der Waals surface area contributed by atoms with Crippen LogP contribution in [0.1, 0.15) is 17.3 Å². The number of carbonyl (C=O) groups is 1. The number of aromatic nitrogens is 3. The molecule has 0 aliphatic heterocycles. The molecule has 0 aliphatic rings. The van der Waals surface area contributed by atoms with E-state index in [9.17, 15) is 4.79 Å². The zero-order valence-corrected chi connectivity index (χ0v) is 9.58. The van der Waals surface area contributed by atoms with Gasteiger partial charge >= 0.3 is 0 Å². The van der Waals surface area contributed by atoms with Gasteiger partial charge in [-0.3, -0.25) is 14.5 Å². The van der Waals surface area contributed by atoms with Crippen molar-refractivity contribution in [1.29, 1.82) is 0 Å². The van der Waals surface area contributed by atoms with Crippen LogP contribution in [-0.4, -0.2) is 26.7 Å². The normalized spacial score (nSPS) is 12.1. The van der Waals surface area contributed by atoms with Crippen molar-refractivity contribution in [3.8, 4) is 0 Å². The molecule has 2 aromatic rings. The van der Waals surface area contributed by atoms with E-state index in [1.165, 1.54) is 0 Å². The highest BCUT2D eigenvalue weighted by atomic mass is 16.1. The van der Waals surface area contributed by atoms with Crippen LogP contribution < -0.4 is 5.32 Å². The minimum Gasteiger partial charge on any atom is -0.348 e. The summed E-state index contributed by atoms with van der Waals surface area (Å²) in [6.07, 6.45) is 6.78. The fraction of sp³-hybridized carbons (Fsp3) is 0.250. The van der Waals surface area contributed by atoms with Crippen molar-refractivity contribution in [2.45, 2.75) is 19.5 Å². The van der Waals surface area contributed by atoms with Crippen molar-refractivity contribution >= 4 is 5.91 Å². The van der Waals surface area contributed by atoms with Gasteiger partial charge in [0.15, 0.2) is 0 Å². The highest BCUT2D eigenvalue weighted by Gasteiger charge is 2.09. The van der Waals surface area contributed by atoms with Gasteiger partial charge in [0.05, 0.1) is 12.1 Å². The first-order valence-electron chi connectivity index (χ1n) is 5.44. The molecule has 0 fully saturated rings. The smallest absolute Gasteiger partial charge is 0.253 e. The van der Waals surface area contributed by atoms with Crippen molar-refractivity contribution in [2.24, 2.45) is 0 Å². The van der Waals surface area contributed by atoms with Crippen LogP contribution in [0.5, 0.6) is 0 Å². The molecule has 1 amide bonds. The van der Waals surface area contributed by atoms with Crippen LogP contribution in [-0.2, 0) is 6.54 Å². The summed E-state index contributed by atoms with van der Waals surface area (Å²) in [6.45, 7) is 2.59. The van der Waals surface area contributed by atoms with Gasteiger partial charge in [-0.05, 0) is 25.1 Å². The van der Waals surface area contributed by atoms with Crippen molar-refractivity contribution < 1.29 is 4.79 Å². The molecule has 0 radical (unpaired) electrons. The maximum atomic E-state index is 11.8. The molecule has 2 heterocycles. The molecular weight excluding hydrogens is 216 g/mol. The second-order valence-corrected chi connectivity index (χ2v) is 3.84. The maximum absolute atomic E-state index is 11.8. The molecule has 1 unspecified atom stereocenters. The van der Waals surface area contributed by atoms with Crippen molar-refractivity contribution in [2.75, 3.05) is 0 Å². The predicted octanol–water partition coefficient (Wildman–Crippen LogP) is 1.10. The zero-order valence-electron chi connectivity index (χ0n) is 9.58. The summed E-state index contributed by atoms with van der Waals surface area (Å²) in [5, 5.41) is 6.98. The molecule has 0 aromatic carbocycles. The predicted molar refractivity (Wildman–Crippen MR) is 63.4 cm³/mol. The van der Waals surface area contributed by atoms with Gasteiger partial charge in [0, 0.05) is 30.8 Å². The Morgan fingerprint density at radius 2 is 2.35 bits per heavy atom. The Bertz CT molecular complexity index is 467. The number of hydrogen-bond acceptors (Lipinski definition) is 3. The average Bonchev–Trinajstić information content (AvgIpc) is 2.82. The summed E-state index contributed by atoms with van der Waals surface area (Å²) in [6, 6.07) is 5.36. The fourth-order valence-corrected chi connectivity index (χ4v) is 1.54. The molecule has 5 heteroatoms. The molecule has 1 atom stereocenters. The van der Waals surface area contributed by atoms with Gasteiger partial charge in [0.1, 0.15) is 0 Å². The highest BCUT2D eigenvalue weighted by molar-refractivity contribution is 5.93. The lowest BCUT2D eigenvalue weighted by molar-refractivity contribution is 0.0935. The molecule has 5 nitrogen and oxygen atoms in total. The topological polar surface area (TPSA) is 59.8 Å². The Balaban J connectivity index is 1.91. The minimum absolute atomic E-state index is 0.0163. The van der Waals surface area contributed by atoms with E-state index < -0.39 is 0 Å². The molecule has 2 aromatic heterocycles. The third-order valence-corrected chi connectivity index (χ3v) is 2.32. The van der Waals surface area contributed by atoms with E-state index in [0.29, 0.717) is 12.1 Å². The Hall–Kier alpha value is -2.17. The summed E-state index contributed by atoms with van der Waals surface area (Å²) in [4.78, 5) is 15.7. The third-order valence-electron chi connectivity index (χ3n) is 2.32. The second kappa shape index (κ2) is 5.25. The van der Waals surface area contributed by atoms with Gasteiger partial charge in [0.25, 0.3) is 5.91 Å². The first kappa shape index (κ1) is 11.3. The molecular formula is C12H14N4O. The lowest BCUT2D eigenvalue weighted by Gasteiger charge is -2.13. The number of amides is 1. The summed E-state index contributed by atoms with van der Waals surface area (Å²) < 4.78 is 1.79. The summed E-state index contributed by atoms with van der Waals surface area (Å²) >= 11 is 0. The van der Waals surface area contributed by atoms with Crippen LogP contribution >= 0.6 is 0 Å². The quantitative estimate of drug-likeness (QED) is 0.855. The van der Waals surface area contributed by atoms with Gasteiger partial charge in [-0.1, -0.05) is 0 Å². The Labute approximate surface area is 99.5 Å². The van der Waals surface area contributed by atoms with E-state index >= 15 is 0 Å². The van der Waals surface area contributed by atoms with E-state index in [0.717, 1.165) is 0 Å². The third kappa shape index (κ3) is 3.14. The monoisotopic (exact) mass is 230 g/mol. The van der Waals surface area contributed by atoms with Gasteiger partial charge in [0.2, 0.25) is 0 Å². The molecule has 0 saturated heterocycles. The van der Waals surface area contributed by atoms with E-state index in [1.54, 1.807) is 35.4 Å². The number of pyridine rings is 1. The van der Waals surface area contributed by atoms with E-state index in [2.05, 4.69) is 15.4 Å². The minimum atomic E-state index is -0.113. The largest absolute Gasteiger partial charge is 0.348 e. The van der Waals surface area contributed by atoms with E-state index in [4.69, 9.17) is 0 Å². The Kier molecular flexibility index (Phi) is 3.49. The van der Waals surface area contributed by atoms with E-state index in [1.807, 2.05) is 19.2 Å². The second-order valence-electron chi connectivity index (χ2n) is 3.84. The van der Waals surface area contributed by atoms with Crippen molar-refractivity contribution in [3.63, 3.8) is 0 Å². The molecule has 0 spiro atoms. The molecule has 0 saturated carbocycles. The Morgan fingerprint density at radius 1 is 1.47 bits per heavy atom.